The van der Waals surface area contributed by atoms with Crippen molar-refractivity contribution in [3.05, 3.63) is 125 Å². The third kappa shape index (κ3) is 2.78. The lowest BCUT2D eigenvalue weighted by Gasteiger charge is -2.36. The summed E-state index contributed by atoms with van der Waals surface area (Å²) < 4.78 is 11.2. The van der Waals surface area contributed by atoms with Gasteiger partial charge in [0.05, 0.1) is 31.5 Å². The Bertz CT molecular complexity index is 1600. The molecule has 1 fully saturated rings. The number of hydrazone groups is 1. The summed E-state index contributed by atoms with van der Waals surface area (Å²) in [4.78, 5) is 43.4. The lowest BCUT2D eigenvalue weighted by atomic mass is 9.64. The van der Waals surface area contributed by atoms with Crippen molar-refractivity contribution in [2.45, 2.75) is 18.0 Å². The maximum atomic E-state index is 14.5. The molecule has 0 amide bonds. The molecule has 1 saturated heterocycles. The average molecular weight is 503 g/mol. The molecule has 7 heteroatoms. The molecule has 186 valence electrons. The van der Waals surface area contributed by atoms with E-state index in [1.165, 1.54) is 6.26 Å². The van der Waals surface area contributed by atoms with E-state index in [1.54, 1.807) is 79.0 Å². The molecule has 3 aromatic carbocycles. The van der Waals surface area contributed by atoms with E-state index >= 15 is 0 Å². The van der Waals surface area contributed by atoms with Gasteiger partial charge < -0.3 is 9.15 Å². The second kappa shape index (κ2) is 8.11. The van der Waals surface area contributed by atoms with E-state index in [1.807, 2.05) is 24.3 Å². The molecule has 3 aliphatic rings. The topological polar surface area (TPSA) is 89.2 Å². The fourth-order valence-corrected chi connectivity index (χ4v) is 6.48. The summed E-state index contributed by atoms with van der Waals surface area (Å²) in [5.41, 5.74) is 1.09. The molecule has 7 rings (SSSR count). The number of fused-ring (bicyclic) bond motifs is 5. The Morgan fingerprint density at radius 1 is 0.895 bits per heavy atom. The van der Waals surface area contributed by atoms with E-state index in [-0.39, 0.29) is 17.3 Å². The average Bonchev–Trinajstić information content (AvgIpc) is 3.66. The van der Waals surface area contributed by atoms with E-state index in [0.29, 0.717) is 28.2 Å². The Balaban J connectivity index is 1.51. The minimum absolute atomic E-state index is 0.260. The summed E-state index contributed by atoms with van der Waals surface area (Å²) in [6.07, 6.45) is 3.19. The van der Waals surface area contributed by atoms with Gasteiger partial charge in [-0.15, -0.1) is 0 Å². The number of nitrogens with zero attached hydrogens (tertiary/aromatic N) is 2. The molecule has 3 atom stereocenters. The van der Waals surface area contributed by atoms with Crippen LogP contribution in [0.2, 0.25) is 0 Å². The quantitative estimate of drug-likeness (QED) is 0.285. The highest BCUT2D eigenvalue weighted by atomic mass is 16.5. The summed E-state index contributed by atoms with van der Waals surface area (Å²) in [6, 6.07) is 23.0. The number of ketones is 3. The van der Waals surface area contributed by atoms with Crippen LogP contribution in [0.4, 0.5) is 0 Å². The third-order valence-corrected chi connectivity index (χ3v) is 8.07. The molecule has 4 aromatic rings. The van der Waals surface area contributed by atoms with Crippen LogP contribution in [-0.2, 0) is 0 Å². The largest absolute Gasteiger partial charge is 0.497 e. The van der Waals surface area contributed by atoms with E-state index in [2.05, 4.69) is 0 Å². The molecular formula is C31H22N2O5. The van der Waals surface area contributed by atoms with Gasteiger partial charge >= 0.3 is 0 Å². The minimum Gasteiger partial charge on any atom is -0.497 e. The number of ether oxygens (including phenoxy) is 1. The van der Waals surface area contributed by atoms with Gasteiger partial charge in [0.25, 0.3) is 0 Å². The smallest absolute Gasteiger partial charge is 0.187 e. The first-order valence-corrected chi connectivity index (χ1v) is 12.4. The van der Waals surface area contributed by atoms with Gasteiger partial charge in [-0.1, -0.05) is 48.5 Å². The summed E-state index contributed by atoms with van der Waals surface area (Å²) in [6.45, 7) is 0. The van der Waals surface area contributed by atoms with Gasteiger partial charge in [0.1, 0.15) is 23.0 Å². The van der Waals surface area contributed by atoms with E-state index < -0.39 is 23.4 Å². The zero-order chi connectivity index (χ0) is 26.0. The second-order valence-electron chi connectivity index (χ2n) is 9.76. The number of rotatable bonds is 4. The molecular weight excluding hydrogens is 480 g/mol. The van der Waals surface area contributed by atoms with Gasteiger partial charge in [0.2, 0.25) is 0 Å². The summed E-state index contributed by atoms with van der Waals surface area (Å²) >= 11 is 0. The summed E-state index contributed by atoms with van der Waals surface area (Å²) in [5.74, 6) is -0.783. The van der Waals surface area contributed by atoms with Crippen LogP contribution in [0.25, 0.3) is 0 Å². The molecule has 3 heterocycles. The van der Waals surface area contributed by atoms with E-state index in [9.17, 15) is 14.4 Å². The van der Waals surface area contributed by atoms with Crippen LogP contribution < -0.4 is 4.74 Å². The standard InChI is InChI=1S/C31H22N2O5/c1-37-20-14-12-18(13-15-20)27(34)26-25(24-11-6-16-38-24)31(29(35)22-9-4-5-10-23(22)30(31)36)28-21-8-3-2-7-19(21)17-32-33(26)28/h2-17,25-26,28H,1H3/t25-,26+,28+/m0/s1. The molecule has 0 unspecified atom stereocenters. The van der Waals surface area contributed by atoms with Gasteiger partial charge in [0, 0.05) is 16.7 Å². The van der Waals surface area contributed by atoms with Crippen LogP contribution in [0.3, 0.4) is 0 Å². The minimum atomic E-state index is -1.64. The molecule has 2 aliphatic heterocycles. The maximum Gasteiger partial charge on any atom is 0.187 e. The molecule has 0 radical (unpaired) electrons. The molecule has 7 nitrogen and oxygen atoms in total. The Morgan fingerprint density at radius 2 is 1.58 bits per heavy atom. The Hall–Kier alpha value is -4.78. The van der Waals surface area contributed by atoms with E-state index in [4.69, 9.17) is 14.3 Å². The van der Waals surface area contributed by atoms with Crippen molar-refractivity contribution in [1.29, 1.82) is 0 Å². The lowest BCUT2D eigenvalue weighted by Crippen LogP contribution is -2.43. The predicted octanol–water partition coefficient (Wildman–Crippen LogP) is 5.09. The van der Waals surface area contributed by atoms with Crippen molar-refractivity contribution < 1.29 is 23.5 Å². The lowest BCUT2D eigenvalue weighted by molar-refractivity contribution is 0.0579. The first kappa shape index (κ1) is 22.4. The first-order valence-electron chi connectivity index (χ1n) is 12.4. The second-order valence-corrected chi connectivity index (χ2v) is 9.76. The highest BCUT2D eigenvalue weighted by Crippen LogP contribution is 2.64. The van der Waals surface area contributed by atoms with Crippen molar-refractivity contribution in [1.82, 2.24) is 5.01 Å². The van der Waals surface area contributed by atoms with Crippen molar-refractivity contribution >= 4 is 23.6 Å². The van der Waals surface area contributed by atoms with Gasteiger partial charge in [-0.3, -0.25) is 19.4 Å². The molecule has 1 spiro atoms. The van der Waals surface area contributed by atoms with Gasteiger partial charge in [0.15, 0.2) is 17.3 Å². The molecule has 1 aromatic heterocycles. The number of hydrogen-bond acceptors (Lipinski definition) is 7. The van der Waals surface area contributed by atoms with Crippen molar-refractivity contribution in [3.8, 4) is 5.75 Å². The van der Waals surface area contributed by atoms with Gasteiger partial charge in [-0.2, -0.15) is 5.10 Å². The molecule has 38 heavy (non-hydrogen) atoms. The van der Waals surface area contributed by atoms with Crippen molar-refractivity contribution in [2.24, 2.45) is 10.5 Å². The third-order valence-electron chi connectivity index (χ3n) is 8.07. The van der Waals surface area contributed by atoms with Crippen molar-refractivity contribution in [3.63, 3.8) is 0 Å². The predicted molar refractivity (Wildman–Crippen MR) is 139 cm³/mol. The van der Waals surface area contributed by atoms with Crippen LogP contribution in [0.5, 0.6) is 5.75 Å². The highest BCUT2D eigenvalue weighted by Gasteiger charge is 2.73. The van der Waals surface area contributed by atoms with Gasteiger partial charge in [-0.25, -0.2) is 0 Å². The van der Waals surface area contributed by atoms with Crippen LogP contribution in [-0.4, -0.2) is 41.7 Å². The fraction of sp³-hybridized carbons (Fsp3) is 0.161. The number of benzene rings is 3. The van der Waals surface area contributed by atoms with Crippen LogP contribution in [0.15, 0.2) is 101 Å². The summed E-state index contributed by atoms with van der Waals surface area (Å²) in [5, 5.41) is 6.38. The van der Waals surface area contributed by atoms with Gasteiger partial charge in [-0.05, 0) is 47.5 Å². The van der Waals surface area contributed by atoms with Crippen LogP contribution in [0.1, 0.15) is 59.9 Å². The van der Waals surface area contributed by atoms with Crippen molar-refractivity contribution in [2.75, 3.05) is 7.11 Å². The highest BCUT2D eigenvalue weighted by molar-refractivity contribution is 6.31. The molecule has 0 bridgehead atoms. The number of methoxy groups -OCH3 is 1. The van der Waals surface area contributed by atoms with E-state index in [0.717, 1.165) is 11.1 Å². The summed E-state index contributed by atoms with van der Waals surface area (Å²) in [7, 11) is 1.56. The van der Waals surface area contributed by atoms with Crippen LogP contribution in [0, 0.1) is 5.41 Å². The fourth-order valence-electron chi connectivity index (χ4n) is 6.48. The number of Topliss-reactive ketones (excluding diaryl/α,β-unsaturated/α-hetero) is 3. The number of furan rings is 1. The molecule has 0 N–H and O–H groups in total. The SMILES string of the molecule is COc1ccc(C(=O)[C@H]2[C@H](c3ccco3)C3(C(=O)c4ccccc4C3=O)[C@H]3c4ccccc4C=NN23)cc1. The number of hydrogen-bond donors (Lipinski definition) is 0. The Kier molecular flexibility index (Phi) is 4.79. The maximum absolute atomic E-state index is 14.5. The molecule has 0 saturated carbocycles. The zero-order valence-electron chi connectivity index (χ0n) is 20.4. The van der Waals surface area contributed by atoms with Crippen LogP contribution >= 0.6 is 0 Å². The number of carbonyl (C=O) groups excluding carboxylic acids is 3. The Labute approximate surface area is 218 Å². The Morgan fingerprint density at radius 3 is 2.24 bits per heavy atom. The molecule has 1 aliphatic carbocycles. The monoisotopic (exact) mass is 502 g/mol. The zero-order valence-corrected chi connectivity index (χ0v) is 20.4. The number of carbonyl (C=O) groups is 3. The normalized spacial score (nSPS) is 22.3. The first-order chi connectivity index (χ1) is 18.6.